The van der Waals surface area contributed by atoms with E-state index >= 15 is 0 Å². The summed E-state index contributed by atoms with van der Waals surface area (Å²) in [4.78, 5) is 23.4. The lowest BCUT2D eigenvalue weighted by molar-refractivity contribution is -0.259. The molecule has 0 saturated heterocycles. The highest BCUT2D eigenvalue weighted by molar-refractivity contribution is 5.96. The van der Waals surface area contributed by atoms with Gasteiger partial charge in [0.05, 0.1) is 12.2 Å². The molecule has 0 aliphatic heterocycles. The highest BCUT2D eigenvalue weighted by Gasteiger charge is 2.48. The molecule has 1 aliphatic carbocycles. The van der Waals surface area contributed by atoms with Gasteiger partial charge in [-0.3, -0.25) is 14.5 Å². The summed E-state index contributed by atoms with van der Waals surface area (Å²) in [5, 5.41) is 29.9. The zero-order valence-electron chi connectivity index (χ0n) is 24.4. The molecular weight excluding hydrogens is 542 g/mol. The van der Waals surface area contributed by atoms with E-state index in [9.17, 15) is 15.0 Å². The van der Waals surface area contributed by atoms with Gasteiger partial charge in [0.15, 0.2) is 0 Å². The predicted octanol–water partition coefficient (Wildman–Crippen LogP) is 7.08. The van der Waals surface area contributed by atoms with Gasteiger partial charge in [0, 0.05) is 11.6 Å². The van der Waals surface area contributed by atoms with E-state index in [0.717, 1.165) is 60.8 Å². The van der Waals surface area contributed by atoms with Crippen LogP contribution in [0.5, 0.6) is 5.75 Å². The van der Waals surface area contributed by atoms with Gasteiger partial charge in [0.2, 0.25) is 0 Å². The predicted molar refractivity (Wildman–Crippen MR) is 167 cm³/mol. The number of carbonyl (C=O) groups is 2. The summed E-state index contributed by atoms with van der Waals surface area (Å²) in [6.07, 6.45) is 5.65. The Bertz CT molecular complexity index is 1460. The fraction of sp³-hybridized carbons (Fsp3) is 0.278. The first-order valence-corrected chi connectivity index (χ1v) is 14.8. The Labute approximate surface area is 253 Å². The Hall–Kier alpha value is -4.46. The highest BCUT2D eigenvalue weighted by atomic mass is 16.5. The fourth-order valence-electron chi connectivity index (χ4n) is 5.14. The van der Waals surface area contributed by atoms with Crippen molar-refractivity contribution in [2.24, 2.45) is 0 Å². The van der Waals surface area contributed by atoms with Crippen molar-refractivity contribution < 1.29 is 29.6 Å². The number of unbranched alkanes of at least 4 members (excludes halogenated alkanes) is 3. The van der Waals surface area contributed by atoms with Crippen LogP contribution in [0, 0.1) is 0 Å². The van der Waals surface area contributed by atoms with Crippen LogP contribution in [-0.4, -0.2) is 45.2 Å². The minimum absolute atomic E-state index is 0.180. The molecule has 0 atom stereocenters. The molecule has 0 aromatic heterocycles. The molecular formula is C36H39NO6. The third-order valence-electron chi connectivity index (χ3n) is 7.43. The standard InChI is InChI=1S/C35H37NO4.CH2O2/c1-2-3-4-12-25-40-33-18-11-10-17-32(33)35(38,39)36(29-23-24-29)34(37)28-21-19-27(20-22-28)31-16-9-8-15-30(31)26-13-6-5-7-14-26;2-1-3/h5-11,13-22,29,38-39H,2-4,12,23-25H2,1H3;1H,(H,2,3). The van der Waals surface area contributed by atoms with Gasteiger partial charge in [-0.25, -0.2) is 0 Å². The molecule has 1 saturated carbocycles. The maximum Gasteiger partial charge on any atom is 0.290 e. The first-order chi connectivity index (χ1) is 20.9. The van der Waals surface area contributed by atoms with Crippen LogP contribution in [0.15, 0.2) is 103 Å². The van der Waals surface area contributed by atoms with E-state index in [1.165, 1.54) is 4.90 Å². The fourth-order valence-corrected chi connectivity index (χ4v) is 5.14. The number of amides is 1. The lowest BCUT2D eigenvalue weighted by Gasteiger charge is -2.36. The number of hydrogen-bond acceptors (Lipinski definition) is 5. The second-order valence-corrected chi connectivity index (χ2v) is 10.5. The minimum atomic E-state index is -2.50. The van der Waals surface area contributed by atoms with Crippen molar-refractivity contribution >= 4 is 12.4 Å². The van der Waals surface area contributed by atoms with Crippen molar-refractivity contribution in [2.45, 2.75) is 57.4 Å². The van der Waals surface area contributed by atoms with Gasteiger partial charge < -0.3 is 20.1 Å². The molecule has 1 amide bonds. The number of aliphatic hydroxyl groups is 2. The van der Waals surface area contributed by atoms with Crippen LogP contribution in [0.1, 0.15) is 61.4 Å². The van der Waals surface area contributed by atoms with Gasteiger partial charge in [0.25, 0.3) is 18.3 Å². The number of carboxylic acid groups (broad SMARTS) is 1. The van der Waals surface area contributed by atoms with Crippen molar-refractivity contribution in [3.63, 3.8) is 0 Å². The van der Waals surface area contributed by atoms with Crippen molar-refractivity contribution in [2.75, 3.05) is 6.61 Å². The average molecular weight is 582 g/mol. The lowest BCUT2D eigenvalue weighted by Crippen LogP contribution is -2.51. The van der Waals surface area contributed by atoms with E-state index in [1.54, 1.807) is 36.4 Å². The summed E-state index contributed by atoms with van der Waals surface area (Å²) in [5.41, 5.74) is 4.86. The molecule has 0 bridgehead atoms. The molecule has 7 nitrogen and oxygen atoms in total. The normalized spacial score (nSPS) is 12.5. The molecule has 0 spiro atoms. The monoisotopic (exact) mass is 581 g/mol. The van der Waals surface area contributed by atoms with Gasteiger partial charge in [-0.15, -0.1) is 0 Å². The van der Waals surface area contributed by atoms with Gasteiger partial charge in [-0.2, -0.15) is 0 Å². The number of para-hydroxylation sites is 1. The molecule has 3 N–H and O–H groups in total. The molecule has 43 heavy (non-hydrogen) atoms. The summed E-state index contributed by atoms with van der Waals surface area (Å²) < 4.78 is 5.96. The van der Waals surface area contributed by atoms with Crippen molar-refractivity contribution in [1.82, 2.24) is 4.90 Å². The highest BCUT2D eigenvalue weighted by Crippen LogP contribution is 2.40. The second-order valence-electron chi connectivity index (χ2n) is 10.5. The SMILES string of the molecule is CCCCCCOc1ccccc1C(O)(O)N(C(=O)c1ccc(-c2ccccc2-c2ccccc2)cc1)C1CC1.O=CO. The molecule has 5 rings (SSSR count). The van der Waals surface area contributed by atoms with E-state index in [4.69, 9.17) is 14.6 Å². The van der Waals surface area contributed by atoms with Crippen LogP contribution >= 0.6 is 0 Å². The number of carbonyl (C=O) groups excluding carboxylic acids is 1. The lowest BCUT2D eigenvalue weighted by atomic mass is 9.94. The van der Waals surface area contributed by atoms with Crippen LogP contribution in [0.3, 0.4) is 0 Å². The van der Waals surface area contributed by atoms with E-state index in [-0.39, 0.29) is 18.1 Å². The van der Waals surface area contributed by atoms with Gasteiger partial charge in [-0.1, -0.05) is 105 Å². The maximum absolute atomic E-state index is 13.8. The third kappa shape index (κ3) is 7.89. The topological polar surface area (TPSA) is 107 Å². The third-order valence-corrected chi connectivity index (χ3v) is 7.43. The quantitative estimate of drug-likeness (QED) is 0.0938. The summed E-state index contributed by atoms with van der Waals surface area (Å²) in [5.74, 6) is -2.54. The van der Waals surface area contributed by atoms with Crippen molar-refractivity contribution in [3.05, 3.63) is 114 Å². The van der Waals surface area contributed by atoms with Crippen molar-refractivity contribution in [3.8, 4) is 28.0 Å². The molecule has 4 aromatic carbocycles. The zero-order chi connectivity index (χ0) is 30.7. The molecule has 4 aromatic rings. The Morgan fingerprint density at radius 2 is 1.37 bits per heavy atom. The molecule has 224 valence electrons. The van der Waals surface area contributed by atoms with Crippen LogP contribution in [0.25, 0.3) is 22.3 Å². The molecule has 0 radical (unpaired) electrons. The van der Waals surface area contributed by atoms with Crippen molar-refractivity contribution in [1.29, 1.82) is 0 Å². The summed E-state index contributed by atoms with van der Waals surface area (Å²) in [6, 6.07) is 32.4. The first-order valence-electron chi connectivity index (χ1n) is 14.8. The number of nitrogens with zero attached hydrogens (tertiary/aromatic N) is 1. The summed E-state index contributed by atoms with van der Waals surface area (Å²) in [7, 11) is 0. The molecule has 0 unspecified atom stereocenters. The summed E-state index contributed by atoms with van der Waals surface area (Å²) in [6.45, 7) is 2.39. The van der Waals surface area contributed by atoms with Gasteiger partial charge in [0.1, 0.15) is 5.75 Å². The van der Waals surface area contributed by atoms with Crippen LogP contribution in [-0.2, 0) is 10.7 Å². The first kappa shape index (κ1) is 31.5. The van der Waals surface area contributed by atoms with E-state index < -0.39 is 11.8 Å². The Morgan fingerprint density at radius 1 is 0.814 bits per heavy atom. The van der Waals surface area contributed by atoms with Gasteiger partial charge >= 0.3 is 0 Å². The Balaban J connectivity index is 0.00000135. The summed E-state index contributed by atoms with van der Waals surface area (Å²) >= 11 is 0. The minimum Gasteiger partial charge on any atom is -0.493 e. The number of benzene rings is 4. The van der Waals surface area contributed by atoms with E-state index in [0.29, 0.717) is 17.9 Å². The smallest absolute Gasteiger partial charge is 0.290 e. The molecule has 1 aliphatic rings. The Morgan fingerprint density at radius 3 is 1.98 bits per heavy atom. The molecule has 7 heteroatoms. The molecule has 0 heterocycles. The Kier molecular flexibility index (Phi) is 11.1. The maximum atomic E-state index is 13.8. The second kappa shape index (κ2) is 15.1. The largest absolute Gasteiger partial charge is 0.493 e. The average Bonchev–Trinajstić information content (AvgIpc) is 3.87. The van der Waals surface area contributed by atoms with Crippen LogP contribution < -0.4 is 4.74 Å². The number of hydrogen-bond donors (Lipinski definition) is 3. The van der Waals surface area contributed by atoms with E-state index in [1.807, 2.05) is 42.5 Å². The van der Waals surface area contributed by atoms with Crippen LogP contribution in [0.4, 0.5) is 0 Å². The number of ether oxygens (including phenoxy) is 1. The van der Waals surface area contributed by atoms with Gasteiger partial charge in [-0.05, 0) is 65.8 Å². The molecule has 1 fully saturated rings. The van der Waals surface area contributed by atoms with Crippen LogP contribution in [0.2, 0.25) is 0 Å². The zero-order valence-corrected chi connectivity index (χ0v) is 24.4. The van der Waals surface area contributed by atoms with E-state index in [2.05, 4.69) is 31.2 Å². The number of rotatable bonds is 12.